The van der Waals surface area contributed by atoms with Crippen molar-refractivity contribution in [1.29, 1.82) is 0 Å². The van der Waals surface area contributed by atoms with Crippen molar-refractivity contribution in [3.8, 4) is 0 Å². The zero-order valence-corrected chi connectivity index (χ0v) is 19.2. The maximum absolute atomic E-state index is 14.2. The van der Waals surface area contributed by atoms with Gasteiger partial charge in [0.1, 0.15) is 6.33 Å². The van der Waals surface area contributed by atoms with Crippen molar-refractivity contribution < 1.29 is 18.7 Å². The van der Waals surface area contributed by atoms with Crippen LogP contribution >= 0.6 is 0 Å². The number of aryl methyl sites for hydroxylation is 1. The lowest BCUT2D eigenvalue weighted by Gasteiger charge is -2.32. The Morgan fingerprint density at radius 3 is 2.80 bits per heavy atom. The van der Waals surface area contributed by atoms with Crippen LogP contribution in [0.15, 0.2) is 42.7 Å². The van der Waals surface area contributed by atoms with Gasteiger partial charge in [0.25, 0.3) is 5.92 Å². The molecule has 2 fully saturated rings. The third kappa shape index (κ3) is 3.38. The van der Waals surface area contributed by atoms with Crippen LogP contribution in [0.3, 0.4) is 0 Å². The van der Waals surface area contributed by atoms with E-state index in [0.29, 0.717) is 29.2 Å². The number of fused-ring (bicyclic) bond motifs is 5. The Balaban J connectivity index is 1.48. The minimum Gasteiger partial charge on any atom is -0.478 e. The van der Waals surface area contributed by atoms with Crippen molar-refractivity contribution >= 4 is 34.2 Å². The fourth-order valence-electron chi connectivity index (χ4n) is 5.60. The van der Waals surface area contributed by atoms with Crippen molar-refractivity contribution in [3.63, 3.8) is 0 Å². The van der Waals surface area contributed by atoms with Crippen LogP contribution < -0.4 is 10.2 Å². The van der Waals surface area contributed by atoms with Gasteiger partial charge in [0.2, 0.25) is 5.95 Å². The number of alkyl halides is 2. The van der Waals surface area contributed by atoms with E-state index in [1.54, 1.807) is 35.0 Å². The van der Waals surface area contributed by atoms with Crippen LogP contribution in [-0.4, -0.2) is 49.2 Å². The molecule has 10 heteroatoms. The molecule has 1 saturated carbocycles. The first-order valence-electron chi connectivity index (χ1n) is 11.6. The summed E-state index contributed by atoms with van der Waals surface area (Å²) in [6, 6.07) is 10.2. The van der Waals surface area contributed by atoms with E-state index in [1.165, 1.54) is 0 Å². The minimum atomic E-state index is -2.64. The van der Waals surface area contributed by atoms with Crippen molar-refractivity contribution in [2.75, 3.05) is 16.8 Å². The number of hydrogen-bond donors (Lipinski definition) is 2. The zero-order valence-electron chi connectivity index (χ0n) is 19.2. The maximum atomic E-state index is 14.2. The second kappa shape index (κ2) is 7.59. The first kappa shape index (κ1) is 21.7. The van der Waals surface area contributed by atoms with Crippen molar-refractivity contribution in [2.24, 2.45) is 5.92 Å². The second-order valence-corrected chi connectivity index (χ2v) is 9.61. The number of halogens is 2. The molecule has 2 aromatic carbocycles. The van der Waals surface area contributed by atoms with E-state index >= 15 is 0 Å². The van der Waals surface area contributed by atoms with Gasteiger partial charge in [-0.2, -0.15) is 0 Å². The number of nitrogens with zero attached hydrogens (tertiary/aromatic N) is 5. The summed E-state index contributed by atoms with van der Waals surface area (Å²) in [5.74, 6) is -3.77. The number of aromatic carboxylic acids is 1. The van der Waals surface area contributed by atoms with Gasteiger partial charge in [-0.1, -0.05) is 18.2 Å². The summed E-state index contributed by atoms with van der Waals surface area (Å²) >= 11 is 0. The van der Waals surface area contributed by atoms with E-state index in [2.05, 4.69) is 15.5 Å². The Morgan fingerprint density at radius 2 is 2.09 bits per heavy atom. The molecule has 0 amide bonds. The standard InChI is InChI=1S/C25H24F2N6O2/c1-13-7-18(14(2)29-20-6-4-3-5-17(20)23(34)35)21-19(8-13)22-31-28-12-33(22)24(30-21)32-11-15-9-16(32)10-25(15,26)27/h3-8,12,14-16,29H,9-11H2,1-2H3,(H,34,35)/t14-,15+,16+/m1/s1. The van der Waals surface area contributed by atoms with Crippen molar-refractivity contribution in [3.05, 3.63) is 59.4 Å². The molecule has 1 aliphatic carbocycles. The van der Waals surface area contributed by atoms with Gasteiger partial charge in [0.15, 0.2) is 5.65 Å². The Kier molecular flexibility index (Phi) is 4.71. The Bertz CT molecular complexity index is 1490. The number of carboxylic acids is 1. The molecule has 0 radical (unpaired) electrons. The molecule has 0 spiro atoms. The highest BCUT2D eigenvalue weighted by atomic mass is 19.3. The monoisotopic (exact) mass is 478 g/mol. The molecule has 4 aromatic rings. The Labute approximate surface area is 199 Å². The molecular weight excluding hydrogens is 454 g/mol. The maximum Gasteiger partial charge on any atom is 0.337 e. The molecular formula is C25H24F2N6O2. The van der Waals surface area contributed by atoms with Crippen molar-refractivity contribution in [2.45, 2.75) is 44.7 Å². The van der Waals surface area contributed by atoms with Crippen LogP contribution in [0.2, 0.25) is 0 Å². The third-order valence-electron chi connectivity index (χ3n) is 7.27. The number of piperidine rings is 1. The lowest BCUT2D eigenvalue weighted by molar-refractivity contribution is -0.0412. The van der Waals surface area contributed by atoms with Gasteiger partial charge in [0.05, 0.1) is 17.1 Å². The summed E-state index contributed by atoms with van der Waals surface area (Å²) in [5, 5.41) is 22.1. The summed E-state index contributed by atoms with van der Waals surface area (Å²) in [4.78, 5) is 18.6. The lowest BCUT2D eigenvalue weighted by atomic mass is 10.0. The van der Waals surface area contributed by atoms with E-state index in [0.717, 1.165) is 16.5 Å². The van der Waals surface area contributed by atoms with E-state index in [1.807, 2.05) is 30.9 Å². The number of rotatable bonds is 5. The van der Waals surface area contributed by atoms with Gasteiger partial charge in [-0.05, 0) is 44.0 Å². The molecule has 0 unspecified atom stereocenters. The van der Waals surface area contributed by atoms with Crippen LogP contribution in [0, 0.1) is 12.8 Å². The number of carboxylic acid groups (broad SMARTS) is 1. The lowest BCUT2D eigenvalue weighted by Crippen LogP contribution is -2.42. The summed E-state index contributed by atoms with van der Waals surface area (Å²) in [5.41, 5.74) is 3.84. The molecule has 2 aliphatic rings. The molecule has 1 saturated heterocycles. The summed E-state index contributed by atoms with van der Waals surface area (Å²) in [7, 11) is 0. The number of para-hydroxylation sites is 1. The molecule has 8 nitrogen and oxygen atoms in total. The van der Waals surface area contributed by atoms with Crippen molar-refractivity contribution in [1.82, 2.24) is 19.6 Å². The van der Waals surface area contributed by atoms with E-state index in [4.69, 9.17) is 4.98 Å². The van der Waals surface area contributed by atoms with E-state index in [-0.39, 0.29) is 30.6 Å². The average Bonchev–Trinajstić information content (AvgIpc) is 3.52. The predicted molar refractivity (Wildman–Crippen MR) is 127 cm³/mol. The van der Waals surface area contributed by atoms with Gasteiger partial charge in [-0.3, -0.25) is 4.40 Å². The van der Waals surface area contributed by atoms with Gasteiger partial charge in [0, 0.05) is 41.6 Å². The van der Waals surface area contributed by atoms with Crippen LogP contribution in [0.25, 0.3) is 16.6 Å². The molecule has 3 atom stereocenters. The first-order valence-corrected chi connectivity index (χ1v) is 11.6. The van der Waals surface area contributed by atoms with Gasteiger partial charge in [-0.15, -0.1) is 10.2 Å². The van der Waals surface area contributed by atoms with Gasteiger partial charge < -0.3 is 15.3 Å². The number of nitrogens with one attached hydrogen (secondary N) is 1. The highest BCUT2D eigenvalue weighted by molar-refractivity contribution is 5.96. The molecule has 6 rings (SSSR count). The summed E-state index contributed by atoms with van der Waals surface area (Å²) in [6.07, 6.45) is 1.85. The second-order valence-electron chi connectivity index (χ2n) is 9.61. The summed E-state index contributed by atoms with van der Waals surface area (Å²) in [6.45, 7) is 4.16. The quantitative estimate of drug-likeness (QED) is 0.430. The SMILES string of the molecule is Cc1cc([C@@H](C)Nc2ccccc2C(=O)O)c2nc(N3C[C@@H]4C[C@H]3CC4(F)F)n3cnnc3c2c1. The fourth-order valence-corrected chi connectivity index (χ4v) is 5.60. The fraction of sp³-hybridized carbons (Fsp3) is 0.360. The highest BCUT2D eigenvalue weighted by Crippen LogP contribution is 2.49. The average molecular weight is 479 g/mol. The number of benzene rings is 2. The van der Waals surface area contributed by atoms with Gasteiger partial charge in [-0.25, -0.2) is 18.6 Å². The molecule has 3 heterocycles. The predicted octanol–water partition coefficient (Wildman–Crippen LogP) is 4.69. The Morgan fingerprint density at radius 1 is 1.29 bits per heavy atom. The number of aromatic nitrogens is 4. The molecule has 180 valence electrons. The van der Waals surface area contributed by atoms with Crippen LogP contribution in [0.1, 0.15) is 47.3 Å². The summed E-state index contributed by atoms with van der Waals surface area (Å²) < 4.78 is 30.2. The largest absolute Gasteiger partial charge is 0.478 e. The topological polar surface area (TPSA) is 95.6 Å². The molecule has 1 aliphatic heterocycles. The number of anilines is 2. The number of carbonyl (C=O) groups is 1. The first-order chi connectivity index (χ1) is 16.7. The van der Waals surface area contributed by atoms with Crippen LogP contribution in [0.5, 0.6) is 0 Å². The molecule has 2 aromatic heterocycles. The molecule has 35 heavy (non-hydrogen) atoms. The Hall–Kier alpha value is -3.82. The van der Waals surface area contributed by atoms with Crippen LogP contribution in [-0.2, 0) is 0 Å². The zero-order chi connectivity index (χ0) is 24.5. The minimum absolute atomic E-state index is 0.175. The third-order valence-corrected chi connectivity index (χ3v) is 7.27. The normalized spacial score (nSPS) is 21.7. The smallest absolute Gasteiger partial charge is 0.337 e. The van der Waals surface area contributed by atoms with E-state index in [9.17, 15) is 18.7 Å². The highest BCUT2D eigenvalue weighted by Gasteiger charge is 2.56. The van der Waals surface area contributed by atoms with E-state index < -0.39 is 17.8 Å². The number of hydrogen-bond acceptors (Lipinski definition) is 6. The molecule has 2 N–H and O–H groups in total. The molecule has 2 bridgehead atoms. The van der Waals surface area contributed by atoms with Gasteiger partial charge >= 0.3 is 5.97 Å². The van der Waals surface area contributed by atoms with Crippen LogP contribution in [0.4, 0.5) is 20.4 Å².